The fourth-order valence-corrected chi connectivity index (χ4v) is 2.91. The second-order valence-corrected chi connectivity index (χ2v) is 6.58. The number of piperidine rings is 1. The molecule has 6 nitrogen and oxygen atoms in total. The van der Waals surface area contributed by atoms with Crippen LogP contribution in [-0.4, -0.2) is 33.1 Å². The molecule has 1 fully saturated rings. The Labute approximate surface area is 138 Å². The normalized spacial score (nSPS) is 21.7. The highest BCUT2D eigenvalue weighted by Gasteiger charge is 2.21. The van der Waals surface area contributed by atoms with Crippen molar-refractivity contribution in [3.63, 3.8) is 0 Å². The van der Waals surface area contributed by atoms with Crippen molar-refractivity contribution >= 4 is 15.9 Å². The lowest BCUT2D eigenvalue weighted by Crippen LogP contribution is -2.37. The molecule has 1 N–H and O–H groups in total. The van der Waals surface area contributed by atoms with E-state index in [-0.39, 0.29) is 0 Å². The van der Waals surface area contributed by atoms with Crippen LogP contribution in [0.25, 0.3) is 0 Å². The summed E-state index contributed by atoms with van der Waals surface area (Å²) in [6, 6.07) is 3.73. The average Bonchev–Trinajstić information content (AvgIpc) is 2.97. The predicted octanol–water partition coefficient (Wildman–Crippen LogP) is 2.26. The first kappa shape index (κ1) is 15.4. The van der Waals surface area contributed by atoms with E-state index in [9.17, 15) is 0 Å². The van der Waals surface area contributed by atoms with Gasteiger partial charge in [0.1, 0.15) is 22.7 Å². The zero-order valence-corrected chi connectivity index (χ0v) is 14.2. The number of nitrogens with one attached hydrogen (secondary N) is 1. The minimum atomic E-state index is 0.408. The minimum absolute atomic E-state index is 0.408. The number of rotatable bonds is 5. The maximum Gasteiger partial charge on any atom is 0.138 e. The lowest BCUT2D eigenvalue weighted by Gasteiger charge is -2.29. The molecule has 3 heterocycles. The maximum absolute atomic E-state index is 5.66. The molecule has 22 heavy (non-hydrogen) atoms. The quantitative estimate of drug-likeness (QED) is 0.823. The summed E-state index contributed by atoms with van der Waals surface area (Å²) in [4.78, 5) is 4.13. The smallest absolute Gasteiger partial charge is 0.138 e. The van der Waals surface area contributed by atoms with Crippen molar-refractivity contribution in [2.24, 2.45) is 11.8 Å². The topological polar surface area (TPSA) is 64.9 Å². The first-order valence-electron chi connectivity index (χ1n) is 7.55. The molecule has 0 spiro atoms. The number of aromatic nitrogens is 4. The largest absolute Gasteiger partial charge is 0.486 e. The molecule has 0 radical (unpaired) electrons. The fraction of sp³-hybridized carbons (Fsp3) is 0.533. The number of nitrogens with zero attached hydrogens (tertiary/aromatic N) is 4. The molecule has 0 aromatic carbocycles. The number of hydrogen-bond donors (Lipinski definition) is 1. The summed E-state index contributed by atoms with van der Waals surface area (Å²) in [6.45, 7) is 5.81. The third-order valence-electron chi connectivity index (χ3n) is 4.06. The minimum Gasteiger partial charge on any atom is -0.486 e. The first-order valence-corrected chi connectivity index (χ1v) is 8.34. The van der Waals surface area contributed by atoms with E-state index in [0.717, 1.165) is 35.7 Å². The molecule has 2 atom stereocenters. The molecule has 2 aromatic heterocycles. The Balaban J connectivity index is 1.53. The lowest BCUT2D eigenvalue weighted by atomic mass is 9.88. The Morgan fingerprint density at radius 2 is 2.36 bits per heavy atom. The lowest BCUT2D eigenvalue weighted by molar-refractivity contribution is 0.235. The van der Waals surface area contributed by atoms with Gasteiger partial charge in [0, 0.05) is 6.54 Å². The van der Waals surface area contributed by atoms with Crippen LogP contribution < -0.4 is 10.1 Å². The van der Waals surface area contributed by atoms with Gasteiger partial charge in [0.05, 0.1) is 12.4 Å². The molecular weight excluding hydrogens is 346 g/mol. The summed E-state index contributed by atoms with van der Waals surface area (Å²) in [7, 11) is 0. The summed E-state index contributed by atoms with van der Waals surface area (Å²) < 4.78 is 8.39. The van der Waals surface area contributed by atoms with Crippen LogP contribution in [0.2, 0.25) is 0 Å². The molecule has 7 heteroatoms. The van der Waals surface area contributed by atoms with Crippen molar-refractivity contribution < 1.29 is 4.74 Å². The molecule has 0 amide bonds. The fourth-order valence-electron chi connectivity index (χ4n) is 2.68. The van der Waals surface area contributed by atoms with Crippen molar-refractivity contribution in [2.45, 2.75) is 26.5 Å². The highest BCUT2D eigenvalue weighted by molar-refractivity contribution is 9.10. The van der Waals surface area contributed by atoms with Crippen molar-refractivity contribution in [1.82, 2.24) is 25.3 Å². The van der Waals surface area contributed by atoms with Gasteiger partial charge in [-0.15, -0.1) is 5.10 Å². The molecule has 1 aliphatic heterocycles. The van der Waals surface area contributed by atoms with Crippen LogP contribution >= 0.6 is 15.9 Å². The van der Waals surface area contributed by atoms with Gasteiger partial charge < -0.3 is 10.1 Å². The van der Waals surface area contributed by atoms with Gasteiger partial charge in [0.2, 0.25) is 0 Å². The predicted molar refractivity (Wildman–Crippen MR) is 86.4 cm³/mol. The van der Waals surface area contributed by atoms with E-state index >= 15 is 0 Å². The highest BCUT2D eigenvalue weighted by Crippen LogP contribution is 2.20. The zero-order chi connectivity index (χ0) is 15.4. The second kappa shape index (κ2) is 7.19. The number of hydrogen-bond acceptors (Lipinski definition) is 5. The van der Waals surface area contributed by atoms with E-state index in [2.05, 4.69) is 43.5 Å². The second-order valence-electron chi connectivity index (χ2n) is 5.77. The van der Waals surface area contributed by atoms with Crippen LogP contribution in [-0.2, 0) is 13.2 Å². The van der Waals surface area contributed by atoms with E-state index < -0.39 is 0 Å². The molecule has 0 aliphatic carbocycles. The number of ether oxygens (including phenoxy) is 1. The SMILES string of the molecule is CC1CNCCC1Cn1cc(COc2ccc(Br)nc2)nn1. The van der Waals surface area contributed by atoms with Crippen LogP contribution in [0.4, 0.5) is 0 Å². The van der Waals surface area contributed by atoms with Crippen molar-refractivity contribution in [3.05, 3.63) is 34.8 Å². The van der Waals surface area contributed by atoms with Crippen LogP contribution in [0.5, 0.6) is 5.75 Å². The Morgan fingerprint density at radius 3 is 3.14 bits per heavy atom. The van der Waals surface area contributed by atoms with Crippen LogP contribution in [0.1, 0.15) is 19.0 Å². The van der Waals surface area contributed by atoms with Gasteiger partial charge in [0.15, 0.2) is 0 Å². The third-order valence-corrected chi connectivity index (χ3v) is 4.53. The molecule has 0 bridgehead atoms. The summed E-state index contributed by atoms with van der Waals surface area (Å²) in [6.07, 6.45) is 4.85. The number of pyridine rings is 1. The van der Waals surface area contributed by atoms with Crippen molar-refractivity contribution in [2.75, 3.05) is 13.1 Å². The zero-order valence-electron chi connectivity index (χ0n) is 12.6. The Hall–Kier alpha value is -1.47. The molecular formula is C15H20BrN5O. The van der Waals surface area contributed by atoms with E-state index in [1.807, 2.05) is 23.0 Å². The van der Waals surface area contributed by atoms with Gasteiger partial charge in [-0.05, 0) is 59.4 Å². The average molecular weight is 366 g/mol. The summed E-state index contributed by atoms with van der Waals surface area (Å²) in [5, 5.41) is 11.8. The van der Waals surface area contributed by atoms with Crippen molar-refractivity contribution in [1.29, 1.82) is 0 Å². The third kappa shape index (κ3) is 4.04. The molecule has 2 aromatic rings. The van der Waals surface area contributed by atoms with E-state index in [1.54, 1.807) is 6.20 Å². The summed E-state index contributed by atoms with van der Waals surface area (Å²) >= 11 is 3.30. The standard InChI is InChI=1S/C15H20BrN5O/c1-11-6-17-5-4-12(11)8-21-9-13(19-20-21)10-22-14-2-3-15(16)18-7-14/h2-3,7,9,11-12,17H,4-6,8,10H2,1H3. The van der Waals surface area contributed by atoms with Gasteiger partial charge in [-0.25, -0.2) is 4.98 Å². The molecule has 1 aliphatic rings. The van der Waals surface area contributed by atoms with E-state index in [1.165, 1.54) is 6.42 Å². The van der Waals surface area contributed by atoms with Crippen LogP contribution in [0.15, 0.2) is 29.1 Å². The summed E-state index contributed by atoms with van der Waals surface area (Å²) in [5.74, 6) is 2.06. The molecule has 2 unspecified atom stereocenters. The Bertz CT molecular complexity index is 600. The van der Waals surface area contributed by atoms with E-state index in [4.69, 9.17) is 4.74 Å². The van der Waals surface area contributed by atoms with Gasteiger partial charge in [-0.2, -0.15) is 0 Å². The van der Waals surface area contributed by atoms with Gasteiger partial charge in [-0.1, -0.05) is 12.1 Å². The van der Waals surface area contributed by atoms with Gasteiger partial charge in [-0.3, -0.25) is 4.68 Å². The van der Waals surface area contributed by atoms with Crippen LogP contribution in [0, 0.1) is 11.8 Å². The van der Waals surface area contributed by atoms with Crippen LogP contribution in [0.3, 0.4) is 0 Å². The van der Waals surface area contributed by atoms with Gasteiger partial charge >= 0.3 is 0 Å². The van der Waals surface area contributed by atoms with Gasteiger partial charge in [0.25, 0.3) is 0 Å². The molecule has 118 valence electrons. The summed E-state index contributed by atoms with van der Waals surface area (Å²) in [5.41, 5.74) is 0.838. The molecule has 3 rings (SSSR count). The molecule has 0 saturated carbocycles. The van der Waals surface area contributed by atoms with E-state index in [0.29, 0.717) is 18.4 Å². The first-order chi connectivity index (χ1) is 10.7. The van der Waals surface area contributed by atoms with Crippen molar-refractivity contribution in [3.8, 4) is 5.75 Å². The maximum atomic E-state index is 5.66. The Morgan fingerprint density at radius 1 is 1.45 bits per heavy atom. The Kier molecular flexibility index (Phi) is 5.04. The molecule has 1 saturated heterocycles. The highest BCUT2D eigenvalue weighted by atomic mass is 79.9. The monoisotopic (exact) mass is 365 g/mol. The number of halogens is 1.